The molecule has 4 heteroatoms. The largest absolute Gasteiger partial charge is 0.470 e. The summed E-state index contributed by atoms with van der Waals surface area (Å²) >= 11 is 0. The van der Waals surface area contributed by atoms with Crippen molar-refractivity contribution in [1.29, 1.82) is 0 Å². The van der Waals surface area contributed by atoms with Gasteiger partial charge in [-0.15, -0.1) is 0 Å². The highest BCUT2D eigenvalue weighted by atomic mass is 19.1. The molecule has 1 heterocycles. The van der Waals surface area contributed by atoms with Crippen LogP contribution in [0.1, 0.15) is 39.2 Å². The average Bonchev–Trinajstić information content (AvgIpc) is 3.01. The maximum atomic E-state index is 14.0. The van der Waals surface area contributed by atoms with Crippen LogP contribution in [0.15, 0.2) is 12.3 Å². The Morgan fingerprint density at radius 3 is 2.76 bits per heavy atom. The molecular formula is C13H19FN2O. The average molecular weight is 238 g/mol. The molecule has 0 bridgehead atoms. The number of aromatic nitrogens is 1. The Balaban J connectivity index is 2.08. The van der Waals surface area contributed by atoms with E-state index < -0.39 is 5.60 Å². The Morgan fingerprint density at radius 2 is 2.18 bits per heavy atom. The Labute approximate surface area is 101 Å². The Hall–Kier alpha value is -1.16. The van der Waals surface area contributed by atoms with E-state index in [1.165, 1.54) is 12.8 Å². The highest BCUT2D eigenvalue weighted by Crippen LogP contribution is 2.23. The highest BCUT2D eigenvalue weighted by molar-refractivity contribution is 5.24. The SMILES string of the molecule is CC(C)(C)Oc1nccc(CNC2CC2)c1F. The van der Waals surface area contributed by atoms with Gasteiger partial charge in [0.25, 0.3) is 5.88 Å². The van der Waals surface area contributed by atoms with Crippen molar-refractivity contribution < 1.29 is 9.13 Å². The molecule has 2 rings (SSSR count). The van der Waals surface area contributed by atoms with Gasteiger partial charge in [-0.2, -0.15) is 0 Å². The second-order valence-electron chi connectivity index (χ2n) is 5.46. The molecule has 1 aliphatic rings. The summed E-state index contributed by atoms with van der Waals surface area (Å²) in [4.78, 5) is 3.94. The molecule has 0 spiro atoms. The van der Waals surface area contributed by atoms with Gasteiger partial charge in [-0.1, -0.05) is 0 Å². The summed E-state index contributed by atoms with van der Waals surface area (Å²) < 4.78 is 19.5. The van der Waals surface area contributed by atoms with Crippen LogP contribution < -0.4 is 10.1 Å². The zero-order chi connectivity index (χ0) is 12.5. The van der Waals surface area contributed by atoms with Gasteiger partial charge in [0, 0.05) is 24.3 Å². The topological polar surface area (TPSA) is 34.1 Å². The molecular weight excluding hydrogens is 219 g/mol. The molecule has 0 aliphatic heterocycles. The van der Waals surface area contributed by atoms with Crippen LogP contribution in [0.25, 0.3) is 0 Å². The van der Waals surface area contributed by atoms with Gasteiger partial charge in [0.05, 0.1) is 0 Å². The molecule has 0 unspecified atom stereocenters. The molecule has 1 fully saturated rings. The predicted octanol–water partition coefficient (Wildman–Crippen LogP) is 2.65. The lowest BCUT2D eigenvalue weighted by Gasteiger charge is -2.21. The molecule has 3 nitrogen and oxygen atoms in total. The van der Waals surface area contributed by atoms with Crippen molar-refractivity contribution in [3.8, 4) is 5.88 Å². The zero-order valence-corrected chi connectivity index (χ0v) is 10.6. The monoisotopic (exact) mass is 238 g/mol. The Bertz CT molecular complexity index is 397. The first-order valence-electron chi connectivity index (χ1n) is 6.01. The van der Waals surface area contributed by atoms with Crippen molar-refractivity contribution in [2.24, 2.45) is 0 Å². The minimum absolute atomic E-state index is 0.0904. The van der Waals surface area contributed by atoms with Gasteiger partial charge < -0.3 is 10.1 Å². The fourth-order valence-electron chi connectivity index (χ4n) is 1.50. The van der Waals surface area contributed by atoms with E-state index in [4.69, 9.17) is 4.74 Å². The van der Waals surface area contributed by atoms with Crippen molar-refractivity contribution >= 4 is 0 Å². The zero-order valence-electron chi connectivity index (χ0n) is 10.6. The van der Waals surface area contributed by atoms with Gasteiger partial charge in [0.15, 0.2) is 5.82 Å². The van der Waals surface area contributed by atoms with Crippen LogP contribution in [-0.2, 0) is 6.54 Å². The van der Waals surface area contributed by atoms with Crippen LogP contribution in [-0.4, -0.2) is 16.6 Å². The van der Waals surface area contributed by atoms with Gasteiger partial charge in [-0.05, 0) is 39.7 Å². The number of halogens is 1. The number of nitrogens with zero attached hydrogens (tertiary/aromatic N) is 1. The van der Waals surface area contributed by atoms with E-state index in [0.29, 0.717) is 18.2 Å². The molecule has 0 saturated heterocycles. The molecule has 1 N–H and O–H groups in total. The van der Waals surface area contributed by atoms with Crippen LogP contribution in [0, 0.1) is 5.82 Å². The van der Waals surface area contributed by atoms with Crippen molar-refractivity contribution in [1.82, 2.24) is 10.3 Å². The second kappa shape index (κ2) is 4.61. The first kappa shape index (κ1) is 12.3. The van der Waals surface area contributed by atoms with E-state index in [1.807, 2.05) is 20.8 Å². The molecule has 17 heavy (non-hydrogen) atoms. The summed E-state index contributed by atoms with van der Waals surface area (Å²) in [7, 11) is 0. The van der Waals surface area contributed by atoms with Crippen LogP contribution in [0.4, 0.5) is 4.39 Å². The molecule has 0 atom stereocenters. The van der Waals surface area contributed by atoms with E-state index in [-0.39, 0.29) is 11.7 Å². The van der Waals surface area contributed by atoms with Gasteiger partial charge in [-0.25, -0.2) is 9.37 Å². The second-order valence-corrected chi connectivity index (χ2v) is 5.46. The minimum Gasteiger partial charge on any atom is -0.470 e. The quantitative estimate of drug-likeness (QED) is 0.875. The highest BCUT2D eigenvalue weighted by Gasteiger charge is 2.22. The van der Waals surface area contributed by atoms with Crippen LogP contribution >= 0.6 is 0 Å². The number of hydrogen-bond donors (Lipinski definition) is 1. The van der Waals surface area contributed by atoms with E-state index in [2.05, 4.69) is 10.3 Å². The van der Waals surface area contributed by atoms with Crippen molar-refractivity contribution in [3.05, 3.63) is 23.6 Å². The van der Waals surface area contributed by atoms with Gasteiger partial charge in [0.1, 0.15) is 5.60 Å². The van der Waals surface area contributed by atoms with E-state index >= 15 is 0 Å². The van der Waals surface area contributed by atoms with E-state index in [0.717, 1.165) is 0 Å². The third-order valence-electron chi connectivity index (χ3n) is 2.50. The fourth-order valence-corrected chi connectivity index (χ4v) is 1.50. The summed E-state index contributed by atoms with van der Waals surface area (Å²) in [6, 6.07) is 2.26. The van der Waals surface area contributed by atoms with Crippen LogP contribution in [0.2, 0.25) is 0 Å². The number of ether oxygens (including phenoxy) is 1. The Kier molecular flexibility index (Phi) is 3.33. The summed E-state index contributed by atoms with van der Waals surface area (Å²) in [5, 5.41) is 3.28. The number of rotatable bonds is 4. The predicted molar refractivity (Wildman–Crippen MR) is 64.4 cm³/mol. The molecule has 94 valence electrons. The van der Waals surface area contributed by atoms with Gasteiger partial charge in [-0.3, -0.25) is 0 Å². The van der Waals surface area contributed by atoms with Crippen LogP contribution in [0.3, 0.4) is 0 Å². The summed E-state index contributed by atoms with van der Waals surface area (Å²) in [5.74, 6) is -0.261. The standard InChI is InChI=1S/C13H19FN2O/c1-13(2,3)17-12-11(14)9(6-7-15-12)8-16-10-4-5-10/h6-7,10,16H,4-5,8H2,1-3H3. The van der Waals surface area contributed by atoms with Crippen LogP contribution in [0.5, 0.6) is 5.88 Å². The third kappa shape index (κ3) is 3.66. The van der Waals surface area contributed by atoms with Crippen molar-refractivity contribution in [2.45, 2.75) is 51.8 Å². The molecule has 0 aromatic carbocycles. The number of nitrogens with one attached hydrogen (secondary N) is 1. The van der Waals surface area contributed by atoms with E-state index in [1.54, 1.807) is 12.3 Å². The summed E-state index contributed by atoms with van der Waals surface area (Å²) in [6.45, 7) is 6.18. The summed E-state index contributed by atoms with van der Waals surface area (Å²) in [6.07, 6.45) is 3.98. The molecule has 1 aliphatic carbocycles. The minimum atomic E-state index is -0.434. The number of hydrogen-bond acceptors (Lipinski definition) is 3. The lowest BCUT2D eigenvalue weighted by Crippen LogP contribution is -2.25. The lowest BCUT2D eigenvalue weighted by molar-refractivity contribution is 0.116. The Morgan fingerprint density at radius 1 is 1.47 bits per heavy atom. The van der Waals surface area contributed by atoms with Gasteiger partial charge in [0.2, 0.25) is 0 Å². The third-order valence-corrected chi connectivity index (χ3v) is 2.50. The van der Waals surface area contributed by atoms with E-state index in [9.17, 15) is 4.39 Å². The number of pyridine rings is 1. The molecule has 1 saturated carbocycles. The fraction of sp³-hybridized carbons (Fsp3) is 0.615. The molecule has 1 aromatic rings. The van der Waals surface area contributed by atoms with Crippen molar-refractivity contribution in [3.63, 3.8) is 0 Å². The molecule has 0 radical (unpaired) electrons. The maximum Gasteiger partial charge on any atom is 0.251 e. The lowest BCUT2D eigenvalue weighted by atomic mass is 10.2. The normalized spacial score (nSPS) is 16.0. The summed E-state index contributed by atoms with van der Waals surface area (Å²) in [5.41, 5.74) is 0.183. The first-order valence-corrected chi connectivity index (χ1v) is 6.01. The van der Waals surface area contributed by atoms with Crippen molar-refractivity contribution in [2.75, 3.05) is 0 Å². The molecule has 0 amide bonds. The van der Waals surface area contributed by atoms with Gasteiger partial charge >= 0.3 is 0 Å². The maximum absolute atomic E-state index is 14.0. The first-order chi connectivity index (χ1) is 7.96. The smallest absolute Gasteiger partial charge is 0.251 e. The molecule has 1 aromatic heterocycles.